The van der Waals surface area contributed by atoms with E-state index in [1.165, 1.54) is 5.57 Å². The highest BCUT2D eigenvalue weighted by molar-refractivity contribution is 5.00. The van der Waals surface area contributed by atoms with Gasteiger partial charge in [-0.05, 0) is 38.5 Å². The van der Waals surface area contributed by atoms with Gasteiger partial charge in [-0.1, -0.05) is 12.2 Å². The van der Waals surface area contributed by atoms with Gasteiger partial charge >= 0.3 is 0 Å². The molecule has 0 heterocycles. The van der Waals surface area contributed by atoms with Crippen LogP contribution in [0.25, 0.3) is 0 Å². The van der Waals surface area contributed by atoms with Crippen molar-refractivity contribution < 1.29 is 10.2 Å². The molecule has 0 aromatic rings. The van der Waals surface area contributed by atoms with Crippen molar-refractivity contribution in [1.29, 1.82) is 0 Å². The van der Waals surface area contributed by atoms with Gasteiger partial charge in [0.05, 0.1) is 12.2 Å². The van der Waals surface area contributed by atoms with Crippen LogP contribution in [0.1, 0.15) is 32.6 Å². The van der Waals surface area contributed by atoms with Crippen LogP contribution in [0.4, 0.5) is 0 Å². The first-order valence-corrected chi connectivity index (χ1v) is 4.56. The second-order valence-electron chi connectivity index (χ2n) is 4.00. The number of rotatable bonds is 2. The highest BCUT2D eigenvalue weighted by Gasteiger charge is 2.32. The molecule has 1 aliphatic rings. The largest absolute Gasteiger partial charge is 0.393 e. The number of aliphatic hydroxyl groups is 2. The minimum atomic E-state index is -0.800. The van der Waals surface area contributed by atoms with Gasteiger partial charge in [0.15, 0.2) is 0 Å². The minimum Gasteiger partial charge on any atom is -0.393 e. The smallest absolute Gasteiger partial charge is 0.0877 e. The van der Waals surface area contributed by atoms with Crippen LogP contribution < -0.4 is 0 Å². The molecule has 0 unspecified atom stereocenters. The maximum absolute atomic E-state index is 9.70. The Morgan fingerprint density at radius 3 is 2.33 bits per heavy atom. The Hall–Kier alpha value is -0.340. The number of hydrogen-bond acceptors (Lipinski definition) is 2. The third-order valence-corrected chi connectivity index (χ3v) is 2.91. The number of allylic oxidation sites excluding steroid dienone is 1. The van der Waals surface area contributed by atoms with Crippen LogP contribution in [0, 0.1) is 5.92 Å². The Morgan fingerprint density at radius 2 is 2.00 bits per heavy atom. The fraction of sp³-hybridized carbons (Fsp3) is 0.800. The Labute approximate surface area is 73.9 Å². The van der Waals surface area contributed by atoms with Gasteiger partial charge in [0.25, 0.3) is 0 Å². The first-order valence-electron chi connectivity index (χ1n) is 4.56. The molecule has 1 saturated carbocycles. The minimum absolute atomic E-state index is 0.101. The van der Waals surface area contributed by atoms with Crippen molar-refractivity contribution in [2.24, 2.45) is 5.92 Å². The van der Waals surface area contributed by atoms with Gasteiger partial charge in [-0.3, -0.25) is 0 Å². The van der Waals surface area contributed by atoms with E-state index in [0.717, 1.165) is 12.8 Å². The fourth-order valence-electron chi connectivity index (χ4n) is 1.81. The standard InChI is InChI=1S/C10H18O2/c1-8(2)9-3-5-10(12,7-11)6-4-9/h9,11-12H,1,3-7H2,2H3. The van der Waals surface area contributed by atoms with Crippen LogP contribution in [0.2, 0.25) is 0 Å². The summed E-state index contributed by atoms with van der Waals surface area (Å²) in [4.78, 5) is 0. The topological polar surface area (TPSA) is 40.5 Å². The summed E-state index contributed by atoms with van der Waals surface area (Å²) in [6, 6.07) is 0. The second-order valence-corrected chi connectivity index (χ2v) is 4.00. The SMILES string of the molecule is C=C(C)C1CCC(O)(CO)CC1. The summed E-state index contributed by atoms with van der Waals surface area (Å²) in [7, 11) is 0. The summed E-state index contributed by atoms with van der Waals surface area (Å²) in [5, 5.41) is 18.6. The molecule has 0 radical (unpaired) electrons. The number of hydrogen-bond donors (Lipinski definition) is 2. The molecule has 70 valence electrons. The monoisotopic (exact) mass is 170 g/mol. The van der Waals surface area contributed by atoms with Crippen LogP contribution in [0.5, 0.6) is 0 Å². The molecular weight excluding hydrogens is 152 g/mol. The summed E-state index contributed by atoms with van der Waals surface area (Å²) >= 11 is 0. The molecular formula is C10H18O2. The van der Waals surface area contributed by atoms with E-state index in [9.17, 15) is 5.11 Å². The molecule has 2 nitrogen and oxygen atoms in total. The lowest BCUT2D eigenvalue weighted by Crippen LogP contribution is -2.37. The highest BCUT2D eigenvalue weighted by atomic mass is 16.3. The Morgan fingerprint density at radius 1 is 1.50 bits per heavy atom. The third-order valence-electron chi connectivity index (χ3n) is 2.91. The van der Waals surface area contributed by atoms with E-state index in [1.54, 1.807) is 0 Å². The lowest BCUT2D eigenvalue weighted by atomic mass is 9.77. The average Bonchev–Trinajstić information content (AvgIpc) is 2.05. The van der Waals surface area contributed by atoms with E-state index >= 15 is 0 Å². The van der Waals surface area contributed by atoms with Gasteiger partial charge in [0.2, 0.25) is 0 Å². The van der Waals surface area contributed by atoms with E-state index in [0.29, 0.717) is 18.8 Å². The Kier molecular flexibility index (Phi) is 2.91. The first kappa shape index (κ1) is 9.75. The average molecular weight is 170 g/mol. The molecule has 2 heteroatoms. The first-order chi connectivity index (χ1) is 5.57. The lowest BCUT2D eigenvalue weighted by molar-refractivity contribution is -0.0487. The third kappa shape index (κ3) is 2.08. The van der Waals surface area contributed by atoms with Crippen molar-refractivity contribution in [1.82, 2.24) is 0 Å². The van der Waals surface area contributed by atoms with E-state index in [1.807, 2.05) is 6.92 Å². The summed E-state index contributed by atoms with van der Waals surface area (Å²) in [6.45, 7) is 5.84. The summed E-state index contributed by atoms with van der Waals surface area (Å²) in [5.74, 6) is 0.553. The molecule has 0 saturated heterocycles. The molecule has 0 amide bonds. The maximum atomic E-state index is 9.70. The van der Waals surface area contributed by atoms with Gasteiger partial charge in [-0.15, -0.1) is 0 Å². The molecule has 0 atom stereocenters. The maximum Gasteiger partial charge on any atom is 0.0877 e. The van der Waals surface area contributed by atoms with E-state index in [4.69, 9.17) is 5.11 Å². The van der Waals surface area contributed by atoms with E-state index < -0.39 is 5.60 Å². The van der Waals surface area contributed by atoms with Crippen LogP contribution in [0.3, 0.4) is 0 Å². The van der Waals surface area contributed by atoms with Crippen molar-refractivity contribution in [2.45, 2.75) is 38.2 Å². The molecule has 0 aliphatic heterocycles. The zero-order valence-electron chi connectivity index (χ0n) is 7.71. The molecule has 1 fully saturated rings. The van der Waals surface area contributed by atoms with Crippen molar-refractivity contribution in [3.05, 3.63) is 12.2 Å². The normalized spacial score (nSPS) is 36.4. The Balaban J connectivity index is 2.44. The predicted octanol–water partition coefficient (Wildman–Crippen LogP) is 1.48. The molecule has 12 heavy (non-hydrogen) atoms. The molecule has 0 aromatic carbocycles. The fourth-order valence-corrected chi connectivity index (χ4v) is 1.81. The van der Waals surface area contributed by atoms with Crippen LogP contribution >= 0.6 is 0 Å². The van der Waals surface area contributed by atoms with Gasteiger partial charge in [-0.25, -0.2) is 0 Å². The molecule has 0 spiro atoms. The summed E-state index contributed by atoms with van der Waals surface area (Å²) in [5.41, 5.74) is 0.404. The van der Waals surface area contributed by atoms with Crippen molar-refractivity contribution in [3.63, 3.8) is 0 Å². The summed E-state index contributed by atoms with van der Waals surface area (Å²) in [6.07, 6.45) is 3.35. The van der Waals surface area contributed by atoms with Gasteiger partial charge in [-0.2, -0.15) is 0 Å². The van der Waals surface area contributed by atoms with Gasteiger partial charge < -0.3 is 10.2 Å². The van der Waals surface area contributed by atoms with Gasteiger partial charge in [0, 0.05) is 0 Å². The van der Waals surface area contributed by atoms with Crippen molar-refractivity contribution in [3.8, 4) is 0 Å². The van der Waals surface area contributed by atoms with Crippen molar-refractivity contribution >= 4 is 0 Å². The Bertz CT molecular complexity index is 167. The van der Waals surface area contributed by atoms with E-state index in [-0.39, 0.29) is 6.61 Å². The quantitative estimate of drug-likeness (QED) is 0.616. The summed E-state index contributed by atoms with van der Waals surface area (Å²) < 4.78 is 0. The zero-order valence-corrected chi connectivity index (χ0v) is 7.71. The number of aliphatic hydroxyl groups excluding tert-OH is 1. The molecule has 1 aliphatic carbocycles. The molecule has 0 bridgehead atoms. The molecule has 0 aromatic heterocycles. The lowest BCUT2D eigenvalue weighted by Gasteiger charge is -2.34. The second kappa shape index (κ2) is 3.58. The molecule has 1 rings (SSSR count). The van der Waals surface area contributed by atoms with Crippen molar-refractivity contribution in [2.75, 3.05) is 6.61 Å². The zero-order chi connectivity index (χ0) is 9.19. The van der Waals surface area contributed by atoms with Gasteiger partial charge in [0.1, 0.15) is 0 Å². The highest BCUT2D eigenvalue weighted by Crippen LogP contribution is 2.34. The predicted molar refractivity (Wildman–Crippen MR) is 48.8 cm³/mol. The van der Waals surface area contributed by atoms with Crippen LogP contribution in [-0.2, 0) is 0 Å². The van der Waals surface area contributed by atoms with Crippen LogP contribution in [0.15, 0.2) is 12.2 Å². The van der Waals surface area contributed by atoms with Crippen LogP contribution in [-0.4, -0.2) is 22.4 Å². The molecule has 2 N–H and O–H groups in total. The van der Waals surface area contributed by atoms with E-state index in [2.05, 4.69) is 6.58 Å².